The fourth-order valence-electron chi connectivity index (χ4n) is 3.79. The van der Waals surface area contributed by atoms with Crippen LogP contribution in [0.4, 0.5) is 15.1 Å². The SMILES string of the molecule is CC(=O)c1ccc(N2CCN(C(=O)c3sc(NC(=O)c4cccc(F)c4)cc3C)CC2)cc1. The minimum absolute atomic E-state index is 0.0368. The van der Waals surface area contributed by atoms with Crippen molar-refractivity contribution in [2.75, 3.05) is 36.4 Å². The average Bonchev–Trinajstić information content (AvgIpc) is 3.18. The lowest BCUT2D eigenvalue weighted by molar-refractivity contribution is 0.0750. The van der Waals surface area contributed by atoms with E-state index >= 15 is 0 Å². The van der Waals surface area contributed by atoms with E-state index in [9.17, 15) is 18.8 Å². The highest BCUT2D eigenvalue weighted by Gasteiger charge is 2.25. The summed E-state index contributed by atoms with van der Waals surface area (Å²) >= 11 is 1.23. The Morgan fingerprint density at radius 2 is 1.64 bits per heavy atom. The van der Waals surface area contributed by atoms with Crippen LogP contribution in [0.1, 0.15) is 42.9 Å². The predicted octanol–water partition coefficient (Wildman–Crippen LogP) is 4.61. The van der Waals surface area contributed by atoms with E-state index in [4.69, 9.17) is 0 Å². The maximum Gasteiger partial charge on any atom is 0.264 e. The minimum atomic E-state index is -0.477. The molecule has 0 spiro atoms. The van der Waals surface area contributed by atoms with Crippen LogP contribution in [-0.4, -0.2) is 48.7 Å². The summed E-state index contributed by atoms with van der Waals surface area (Å²) in [5.74, 6) is -0.918. The number of thiophene rings is 1. The van der Waals surface area contributed by atoms with Crippen LogP contribution in [0.2, 0.25) is 0 Å². The molecule has 0 atom stereocenters. The molecule has 1 aliphatic heterocycles. The third-order valence-corrected chi connectivity index (χ3v) is 6.78. The van der Waals surface area contributed by atoms with Crippen molar-refractivity contribution in [3.63, 3.8) is 0 Å². The summed E-state index contributed by atoms with van der Waals surface area (Å²) in [6, 6.07) is 14.8. The quantitative estimate of drug-likeness (QED) is 0.559. The van der Waals surface area contributed by atoms with E-state index in [0.717, 1.165) is 11.3 Å². The average molecular weight is 466 g/mol. The van der Waals surface area contributed by atoms with Crippen molar-refractivity contribution in [1.82, 2.24) is 4.90 Å². The molecule has 1 fully saturated rings. The number of nitrogens with zero attached hydrogens (tertiary/aromatic N) is 2. The van der Waals surface area contributed by atoms with Crippen molar-refractivity contribution in [3.05, 3.63) is 82.0 Å². The van der Waals surface area contributed by atoms with Crippen molar-refractivity contribution in [3.8, 4) is 0 Å². The number of hydrogen-bond acceptors (Lipinski definition) is 5. The molecule has 8 heteroatoms. The van der Waals surface area contributed by atoms with Gasteiger partial charge in [-0.25, -0.2) is 4.39 Å². The zero-order chi connectivity index (χ0) is 23.5. The molecule has 1 aliphatic rings. The van der Waals surface area contributed by atoms with Crippen molar-refractivity contribution < 1.29 is 18.8 Å². The molecule has 0 unspecified atom stereocenters. The van der Waals surface area contributed by atoms with Crippen LogP contribution < -0.4 is 10.2 Å². The van der Waals surface area contributed by atoms with E-state index in [-0.39, 0.29) is 17.3 Å². The molecule has 0 aliphatic carbocycles. The van der Waals surface area contributed by atoms with Gasteiger partial charge in [-0.1, -0.05) is 6.07 Å². The molecular weight excluding hydrogens is 441 g/mol. The molecule has 170 valence electrons. The molecule has 0 bridgehead atoms. The summed E-state index contributed by atoms with van der Waals surface area (Å²) in [5.41, 5.74) is 2.73. The number of ketones is 1. The zero-order valence-corrected chi connectivity index (χ0v) is 19.2. The van der Waals surface area contributed by atoms with E-state index in [1.165, 1.54) is 35.6 Å². The Morgan fingerprint density at radius 1 is 0.939 bits per heavy atom. The summed E-state index contributed by atoms with van der Waals surface area (Å²) in [4.78, 5) is 41.6. The predicted molar refractivity (Wildman–Crippen MR) is 128 cm³/mol. The third-order valence-electron chi connectivity index (χ3n) is 5.64. The number of hydrogen-bond donors (Lipinski definition) is 1. The van der Waals surface area contributed by atoms with Gasteiger partial charge in [0.15, 0.2) is 5.78 Å². The van der Waals surface area contributed by atoms with Crippen LogP contribution >= 0.6 is 11.3 Å². The van der Waals surface area contributed by atoms with Crippen LogP contribution in [0.15, 0.2) is 54.6 Å². The summed E-state index contributed by atoms with van der Waals surface area (Å²) in [6.45, 7) is 5.93. The number of rotatable bonds is 5. The summed E-state index contributed by atoms with van der Waals surface area (Å²) in [7, 11) is 0. The molecule has 2 amide bonds. The van der Waals surface area contributed by atoms with Crippen molar-refractivity contribution in [1.29, 1.82) is 0 Å². The van der Waals surface area contributed by atoms with Gasteiger partial charge >= 0.3 is 0 Å². The maximum atomic E-state index is 13.4. The molecule has 0 saturated carbocycles. The van der Waals surface area contributed by atoms with Crippen LogP contribution in [-0.2, 0) is 0 Å². The van der Waals surface area contributed by atoms with Crippen LogP contribution in [0.5, 0.6) is 0 Å². The number of amides is 2. The van der Waals surface area contributed by atoms with E-state index in [0.29, 0.717) is 41.6 Å². The summed E-state index contributed by atoms with van der Waals surface area (Å²) in [6.07, 6.45) is 0. The third kappa shape index (κ3) is 5.12. The smallest absolute Gasteiger partial charge is 0.264 e. The van der Waals surface area contributed by atoms with Crippen LogP contribution in [0, 0.1) is 12.7 Å². The number of nitrogens with one attached hydrogen (secondary N) is 1. The number of halogens is 1. The molecule has 2 heterocycles. The Balaban J connectivity index is 1.38. The molecule has 0 radical (unpaired) electrons. The highest BCUT2D eigenvalue weighted by molar-refractivity contribution is 7.18. The molecule has 3 aromatic rings. The number of anilines is 2. The first-order valence-corrected chi connectivity index (χ1v) is 11.5. The highest BCUT2D eigenvalue weighted by atomic mass is 32.1. The topological polar surface area (TPSA) is 69.7 Å². The molecule has 4 rings (SSSR count). The van der Waals surface area contributed by atoms with E-state index in [1.807, 2.05) is 36.1 Å². The number of aryl methyl sites for hydroxylation is 1. The Labute approximate surface area is 195 Å². The highest BCUT2D eigenvalue weighted by Crippen LogP contribution is 2.29. The summed E-state index contributed by atoms with van der Waals surface area (Å²) in [5, 5.41) is 3.31. The van der Waals surface area contributed by atoms with E-state index in [2.05, 4.69) is 10.2 Å². The summed E-state index contributed by atoms with van der Waals surface area (Å²) < 4.78 is 13.4. The van der Waals surface area contributed by atoms with Gasteiger partial charge < -0.3 is 15.1 Å². The van der Waals surface area contributed by atoms with Crippen molar-refractivity contribution in [2.45, 2.75) is 13.8 Å². The lowest BCUT2D eigenvalue weighted by atomic mass is 10.1. The fourth-order valence-corrected chi connectivity index (χ4v) is 4.82. The van der Waals surface area contributed by atoms with Crippen molar-refractivity contribution >= 4 is 39.6 Å². The lowest BCUT2D eigenvalue weighted by Gasteiger charge is -2.36. The second-order valence-electron chi connectivity index (χ2n) is 7.97. The van der Waals surface area contributed by atoms with Gasteiger partial charge in [0, 0.05) is 43.0 Å². The van der Waals surface area contributed by atoms with E-state index in [1.54, 1.807) is 13.0 Å². The van der Waals surface area contributed by atoms with Gasteiger partial charge in [0.05, 0.1) is 9.88 Å². The standard InChI is InChI=1S/C25H24FN3O3S/c1-16-14-22(27-24(31)19-4-3-5-20(26)15-19)33-23(16)25(32)29-12-10-28(11-13-29)21-8-6-18(7-9-21)17(2)30/h3-9,14-15H,10-13H2,1-2H3,(H,27,31). The van der Waals surface area contributed by atoms with Gasteiger partial charge in [0.25, 0.3) is 11.8 Å². The molecular formula is C25H24FN3O3S. The van der Waals surface area contributed by atoms with Crippen LogP contribution in [0.3, 0.4) is 0 Å². The first-order valence-electron chi connectivity index (χ1n) is 10.6. The second kappa shape index (κ2) is 9.54. The molecule has 1 N–H and O–H groups in total. The molecule has 6 nitrogen and oxygen atoms in total. The molecule has 2 aromatic carbocycles. The zero-order valence-electron chi connectivity index (χ0n) is 18.4. The second-order valence-corrected chi connectivity index (χ2v) is 9.02. The number of carbonyl (C=O) groups is 3. The molecule has 1 aromatic heterocycles. The Morgan fingerprint density at radius 3 is 2.27 bits per heavy atom. The van der Waals surface area contributed by atoms with Gasteiger partial charge in [0.1, 0.15) is 5.82 Å². The largest absolute Gasteiger partial charge is 0.368 e. The number of benzene rings is 2. The fraction of sp³-hybridized carbons (Fsp3) is 0.240. The first kappa shape index (κ1) is 22.7. The molecule has 33 heavy (non-hydrogen) atoms. The normalized spacial score (nSPS) is 13.7. The Kier molecular flexibility index (Phi) is 6.55. The van der Waals surface area contributed by atoms with Gasteiger partial charge in [-0.3, -0.25) is 14.4 Å². The number of Topliss-reactive ketones (excluding diaryl/α,β-unsaturated/α-hetero) is 1. The molecule has 1 saturated heterocycles. The van der Waals surface area contributed by atoms with Crippen LogP contribution in [0.25, 0.3) is 0 Å². The maximum absolute atomic E-state index is 13.4. The lowest BCUT2D eigenvalue weighted by Crippen LogP contribution is -2.48. The monoisotopic (exact) mass is 465 g/mol. The Bertz CT molecular complexity index is 1200. The number of piperazine rings is 1. The van der Waals surface area contributed by atoms with Gasteiger partial charge in [0.2, 0.25) is 0 Å². The van der Waals surface area contributed by atoms with Gasteiger partial charge in [-0.15, -0.1) is 11.3 Å². The van der Waals surface area contributed by atoms with Gasteiger partial charge in [-0.2, -0.15) is 0 Å². The number of carbonyl (C=O) groups excluding carboxylic acids is 3. The van der Waals surface area contributed by atoms with Crippen molar-refractivity contribution in [2.24, 2.45) is 0 Å². The van der Waals surface area contributed by atoms with Gasteiger partial charge in [-0.05, 0) is 67.9 Å². The van der Waals surface area contributed by atoms with E-state index < -0.39 is 11.7 Å². The minimum Gasteiger partial charge on any atom is -0.368 e. The Hall–Kier alpha value is -3.52. The first-order chi connectivity index (χ1) is 15.8.